The van der Waals surface area contributed by atoms with Crippen molar-refractivity contribution in [2.75, 3.05) is 54.1 Å². The van der Waals surface area contributed by atoms with Gasteiger partial charge >= 0.3 is 6.03 Å². The summed E-state index contributed by atoms with van der Waals surface area (Å²) in [5.41, 5.74) is 2.72. The molecular formula is C23H27N7O2. The molecule has 0 atom stereocenters. The lowest BCUT2D eigenvalue weighted by atomic mass is 10.2. The van der Waals surface area contributed by atoms with Gasteiger partial charge in [0.05, 0.1) is 13.2 Å². The third-order valence-electron chi connectivity index (χ3n) is 5.90. The lowest BCUT2D eigenvalue weighted by Gasteiger charge is -2.29. The van der Waals surface area contributed by atoms with E-state index in [0.29, 0.717) is 30.4 Å². The van der Waals surface area contributed by atoms with Crippen LogP contribution in [0.5, 0.6) is 0 Å². The van der Waals surface area contributed by atoms with Crippen LogP contribution in [0.15, 0.2) is 48.8 Å². The number of hydrogen-bond donors (Lipinski definition) is 0. The van der Waals surface area contributed by atoms with Crippen LogP contribution in [-0.2, 0) is 4.74 Å². The molecular weight excluding hydrogens is 406 g/mol. The van der Waals surface area contributed by atoms with Crippen molar-refractivity contribution >= 4 is 23.2 Å². The van der Waals surface area contributed by atoms with Crippen molar-refractivity contribution in [2.24, 2.45) is 0 Å². The number of hydrogen-bond acceptors (Lipinski definition) is 6. The van der Waals surface area contributed by atoms with E-state index in [-0.39, 0.29) is 12.1 Å². The first-order valence-electron chi connectivity index (χ1n) is 11.0. The van der Waals surface area contributed by atoms with Crippen LogP contribution < -0.4 is 14.7 Å². The zero-order valence-electron chi connectivity index (χ0n) is 18.4. The molecule has 0 spiro atoms. The minimum atomic E-state index is -0.0703. The molecule has 2 amide bonds. The Hall–Kier alpha value is -3.46. The highest BCUT2D eigenvalue weighted by Gasteiger charge is 2.32. The van der Waals surface area contributed by atoms with Gasteiger partial charge in [0.2, 0.25) is 0 Å². The highest BCUT2D eigenvalue weighted by atomic mass is 16.5. The van der Waals surface area contributed by atoms with Crippen molar-refractivity contribution in [2.45, 2.75) is 19.9 Å². The molecule has 2 aliphatic heterocycles. The fraction of sp³-hybridized carbons (Fsp3) is 0.391. The number of pyridine rings is 1. The maximum absolute atomic E-state index is 13.3. The number of morpholine rings is 1. The molecule has 0 aliphatic carbocycles. The van der Waals surface area contributed by atoms with E-state index < -0.39 is 0 Å². The molecule has 32 heavy (non-hydrogen) atoms. The predicted molar refractivity (Wildman–Crippen MR) is 123 cm³/mol. The Balaban J connectivity index is 1.38. The van der Waals surface area contributed by atoms with Crippen LogP contribution >= 0.6 is 0 Å². The third kappa shape index (κ3) is 3.80. The Kier molecular flexibility index (Phi) is 5.48. The summed E-state index contributed by atoms with van der Waals surface area (Å²) in [4.78, 5) is 23.9. The second kappa shape index (κ2) is 8.58. The van der Waals surface area contributed by atoms with Crippen LogP contribution in [-0.4, -0.2) is 65.2 Å². The second-order valence-electron chi connectivity index (χ2n) is 8.24. The first-order valence-corrected chi connectivity index (χ1v) is 11.0. The number of aromatic nitrogens is 4. The molecule has 9 heteroatoms. The summed E-state index contributed by atoms with van der Waals surface area (Å²) in [5.74, 6) is 1.32. The molecule has 2 aliphatic rings. The zero-order chi connectivity index (χ0) is 22.1. The van der Waals surface area contributed by atoms with E-state index in [1.165, 1.54) is 0 Å². The first-order chi connectivity index (χ1) is 15.6. The molecule has 2 fully saturated rings. The smallest absolute Gasteiger partial charge is 0.330 e. The zero-order valence-corrected chi connectivity index (χ0v) is 18.4. The van der Waals surface area contributed by atoms with Gasteiger partial charge in [-0.15, -0.1) is 10.2 Å². The normalized spacial score (nSPS) is 17.0. The number of anilines is 3. The van der Waals surface area contributed by atoms with E-state index in [9.17, 15) is 4.79 Å². The van der Waals surface area contributed by atoms with Crippen LogP contribution in [0.4, 0.5) is 22.0 Å². The number of amides is 2. The number of urea groups is 1. The van der Waals surface area contributed by atoms with Crippen LogP contribution in [0.3, 0.4) is 0 Å². The topological polar surface area (TPSA) is 79.6 Å². The number of benzene rings is 1. The van der Waals surface area contributed by atoms with E-state index in [1.807, 2.05) is 39.8 Å². The predicted octanol–water partition coefficient (Wildman–Crippen LogP) is 3.20. The maximum Gasteiger partial charge on any atom is 0.330 e. The minimum Gasteiger partial charge on any atom is -0.378 e. The summed E-state index contributed by atoms with van der Waals surface area (Å²) < 4.78 is 7.43. The van der Waals surface area contributed by atoms with Gasteiger partial charge in [0, 0.05) is 43.6 Å². The van der Waals surface area contributed by atoms with Gasteiger partial charge < -0.3 is 14.2 Å². The van der Waals surface area contributed by atoms with Crippen LogP contribution in [0.1, 0.15) is 19.9 Å². The first kappa shape index (κ1) is 20.4. The molecule has 0 bridgehead atoms. The Morgan fingerprint density at radius 1 is 0.938 bits per heavy atom. The molecule has 2 saturated heterocycles. The van der Waals surface area contributed by atoms with Gasteiger partial charge in [0.1, 0.15) is 17.8 Å². The van der Waals surface area contributed by atoms with E-state index in [2.05, 4.69) is 41.1 Å². The van der Waals surface area contributed by atoms with Gasteiger partial charge in [-0.05, 0) is 44.2 Å². The van der Waals surface area contributed by atoms with E-state index in [1.54, 1.807) is 11.2 Å². The van der Waals surface area contributed by atoms with Crippen molar-refractivity contribution in [1.82, 2.24) is 19.7 Å². The van der Waals surface area contributed by atoms with Crippen molar-refractivity contribution in [3.05, 3.63) is 48.8 Å². The van der Waals surface area contributed by atoms with Gasteiger partial charge in [-0.25, -0.2) is 9.78 Å². The second-order valence-corrected chi connectivity index (χ2v) is 8.24. The standard InChI is InChI=1S/C23H27N7O2/c1-17(2)30-16-24-26-22(30)20-7-4-8-21(25-20)29-10-9-28(23(29)31)19-6-3-5-18(15-19)27-11-13-32-14-12-27/h3-8,15-17H,9-14H2,1-2H3. The largest absolute Gasteiger partial charge is 0.378 e. The van der Waals surface area contributed by atoms with E-state index in [4.69, 9.17) is 9.72 Å². The number of carbonyl (C=O) groups excluding carboxylic acids is 1. The van der Waals surface area contributed by atoms with Gasteiger partial charge in [-0.3, -0.25) is 9.80 Å². The summed E-state index contributed by atoms with van der Waals surface area (Å²) in [6, 6.07) is 14.0. The van der Waals surface area contributed by atoms with Crippen molar-refractivity contribution in [1.29, 1.82) is 0 Å². The summed E-state index contributed by atoms with van der Waals surface area (Å²) in [6.07, 6.45) is 1.71. The van der Waals surface area contributed by atoms with E-state index in [0.717, 1.165) is 37.7 Å². The average Bonchev–Trinajstić information content (AvgIpc) is 3.47. The molecule has 5 rings (SSSR count). The Morgan fingerprint density at radius 3 is 2.50 bits per heavy atom. The van der Waals surface area contributed by atoms with Crippen LogP contribution in [0.2, 0.25) is 0 Å². The fourth-order valence-corrected chi connectivity index (χ4v) is 4.17. The summed E-state index contributed by atoms with van der Waals surface area (Å²) in [7, 11) is 0. The van der Waals surface area contributed by atoms with Crippen molar-refractivity contribution in [3.8, 4) is 11.5 Å². The molecule has 4 heterocycles. The van der Waals surface area contributed by atoms with E-state index >= 15 is 0 Å². The molecule has 2 aromatic heterocycles. The molecule has 9 nitrogen and oxygen atoms in total. The minimum absolute atomic E-state index is 0.0703. The number of carbonyl (C=O) groups is 1. The van der Waals surface area contributed by atoms with Gasteiger partial charge in [-0.2, -0.15) is 0 Å². The lowest BCUT2D eigenvalue weighted by molar-refractivity contribution is 0.122. The molecule has 1 aromatic carbocycles. The molecule has 0 radical (unpaired) electrons. The summed E-state index contributed by atoms with van der Waals surface area (Å²) >= 11 is 0. The lowest BCUT2D eigenvalue weighted by Crippen LogP contribution is -2.36. The quantitative estimate of drug-likeness (QED) is 0.615. The fourth-order valence-electron chi connectivity index (χ4n) is 4.17. The highest BCUT2D eigenvalue weighted by Crippen LogP contribution is 2.29. The highest BCUT2D eigenvalue weighted by molar-refractivity contribution is 6.05. The number of nitrogens with zero attached hydrogens (tertiary/aromatic N) is 7. The molecule has 0 unspecified atom stereocenters. The molecule has 0 N–H and O–H groups in total. The summed E-state index contributed by atoms with van der Waals surface area (Å²) in [6.45, 7) is 8.52. The molecule has 166 valence electrons. The summed E-state index contributed by atoms with van der Waals surface area (Å²) in [5, 5.41) is 8.27. The average molecular weight is 434 g/mol. The molecule has 3 aromatic rings. The maximum atomic E-state index is 13.3. The van der Waals surface area contributed by atoms with Crippen molar-refractivity contribution < 1.29 is 9.53 Å². The van der Waals surface area contributed by atoms with Gasteiger partial charge in [0.15, 0.2) is 5.82 Å². The number of rotatable bonds is 5. The van der Waals surface area contributed by atoms with Crippen LogP contribution in [0.25, 0.3) is 11.5 Å². The number of ether oxygens (including phenoxy) is 1. The monoisotopic (exact) mass is 433 g/mol. The van der Waals surface area contributed by atoms with Gasteiger partial charge in [-0.1, -0.05) is 12.1 Å². The Morgan fingerprint density at radius 2 is 1.69 bits per heavy atom. The molecule has 0 saturated carbocycles. The SMILES string of the molecule is CC(C)n1cnnc1-c1cccc(N2CCN(c3cccc(N4CCOCC4)c3)C2=O)n1. The van der Waals surface area contributed by atoms with Gasteiger partial charge in [0.25, 0.3) is 0 Å². The van der Waals surface area contributed by atoms with Crippen LogP contribution in [0, 0.1) is 0 Å². The van der Waals surface area contributed by atoms with Crippen molar-refractivity contribution in [3.63, 3.8) is 0 Å². The Bertz CT molecular complexity index is 1110. The third-order valence-corrected chi connectivity index (χ3v) is 5.90. The Labute approximate surface area is 187 Å².